The topological polar surface area (TPSA) is 52.0 Å². The van der Waals surface area contributed by atoms with Crippen molar-refractivity contribution in [2.45, 2.75) is 32.1 Å². The fourth-order valence-electron chi connectivity index (χ4n) is 1.79. The lowest BCUT2D eigenvalue weighted by atomic mass is 9.88. The molecule has 1 aliphatic carbocycles. The Hall–Kier alpha value is -0.990. The number of fused-ring (bicyclic) bond motifs is 1. The first kappa shape index (κ1) is 6.70. The molecule has 0 spiro atoms. The maximum Gasteiger partial charge on any atom is 0.226 e. The molecule has 1 aromatic rings. The quantitative estimate of drug-likeness (QED) is 0.612. The lowest BCUT2D eigenvalue weighted by Gasteiger charge is -2.16. The van der Waals surface area contributed by atoms with E-state index in [1.807, 2.05) is 0 Å². The highest BCUT2D eigenvalue weighted by atomic mass is 16.5. The molecule has 0 bridgehead atoms. The fraction of sp³-hybridized carbons (Fsp3) is 0.625. The van der Waals surface area contributed by atoms with Crippen molar-refractivity contribution in [3.63, 3.8) is 0 Å². The fourth-order valence-corrected chi connectivity index (χ4v) is 1.79. The zero-order valence-electron chi connectivity index (χ0n) is 6.85. The Balaban J connectivity index is 2.60. The number of aromatic nitrogens is 1. The lowest BCUT2D eigenvalue weighted by molar-refractivity contribution is 0.412. The summed E-state index contributed by atoms with van der Waals surface area (Å²) in [5.74, 6) is 0.502. The first-order valence-corrected chi connectivity index (χ1v) is 3.86. The van der Waals surface area contributed by atoms with E-state index in [1.54, 1.807) is 0 Å². The summed E-state index contributed by atoms with van der Waals surface area (Å²) in [5.41, 5.74) is 7.98. The van der Waals surface area contributed by atoms with Crippen LogP contribution in [0.5, 0.6) is 0 Å². The number of nitrogens with zero attached hydrogens (tertiary/aromatic N) is 1. The molecular formula is C8H12N2O. The smallest absolute Gasteiger partial charge is 0.226 e. The Morgan fingerprint density at radius 1 is 1.55 bits per heavy atom. The van der Waals surface area contributed by atoms with Crippen LogP contribution in [0.1, 0.15) is 31.5 Å². The number of rotatable bonds is 0. The van der Waals surface area contributed by atoms with Crippen molar-refractivity contribution in [1.29, 1.82) is 0 Å². The van der Waals surface area contributed by atoms with Crippen molar-refractivity contribution in [2.75, 3.05) is 5.73 Å². The Morgan fingerprint density at radius 3 is 2.91 bits per heavy atom. The van der Waals surface area contributed by atoms with E-state index >= 15 is 0 Å². The van der Waals surface area contributed by atoms with Gasteiger partial charge in [0.05, 0.1) is 5.69 Å². The van der Waals surface area contributed by atoms with Crippen LogP contribution in [0.4, 0.5) is 5.88 Å². The highest BCUT2D eigenvalue weighted by Crippen LogP contribution is 2.41. The summed E-state index contributed by atoms with van der Waals surface area (Å²) in [5, 5.41) is 3.89. The molecule has 1 aliphatic rings. The summed E-state index contributed by atoms with van der Waals surface area (Å²) in [7, 11) is 0. The molecule has 0 saturated heterocycles. The van der Waals surface area contributed by atoms with Crippen molar-refractivity contribution in [2.24, 2.45) is 0 Å². The maximum atomic E-state index is 5.64. The molecule has 2 rings (SSSR count). The predicted molar refractivity (Wildman–Crippen MR) is 42.3 cm³/mol. The molecule has 60 valence electrons. The van der Waals surface area contributed by atoms with E-state index in [1.165, 1.54) is 0 Å². The van der Waals surface area contributed by atoms with Gasteiger partial charge in [0.15, 0.2) is 0 Å². The number of hydrogen-bond acceptors (Lipinski definition) is 3. The molecule has 0 aliphatic heterocycles. The second-order valence-electron chi connectivity index (χ2n) is 3.75. The van der Waals surface area contributed by atoms with Gasteiger partial charge in [-0.25, -0.2) is 0 Å². The molecule has 0 amide bonds. The summed E-state index contributed by atoms with van der Waals surface area (Å²) < 4.78 is 4.90. The monoisotopic (exact) mass is 152 g/mol. The number of anilines is 1. The van der Waals surface area contributed by atoms with Gasteiger partial charge in [0.1, 0.15) is 0 Å². The maximum absolute atomic E-state index is 5.64. The van der Waals surface area contributed by atoms with E-state index < -0.39 is 0 Å². The summed E-state index contributed by atoms with van der Waals surface area (Å²) in [6.07, 6.45) is 2.13. The van der Waals surface area contributed by atoms with Gasteiger partial charge in [-0.2, -0.15) is 0 Å². The molecule has 3 heteroatoms. The molecule has 0 aromatic carbocycles. The van der Waals surface area contributed by atoms with Gasteiger partial charge in [0.2, 0.25) is 5.88 Å². The van der Waals surface area contributed by atoms with Crippen LogP contribution in [-0.2, 0) is 11.8 Å². The minimum Gasteiger partial charge on any atom is -0.367 e. The molecule has 11 heavy (non-hydrogen) atoms. The van der Waals surface area contributed by atoms with Gasteiger partial charge >= 0.3 is 0 Å². The molecule has 3 nitrogen and oxygen atoms in total. The standard InChI is InChI=1S/C8H12N2O/c1-8(2)4-3-5-6(8)7(9)11-10-5/h3-4,9H2,1-2H3. The zero-order chi connectivity index (χ0) is 8.06. The van der Waals surface area contributed by atoms with E-state index in [0.717, 1.165) is 24.1 Å². The van der Waals surface area contributed by atoms with Gasteiger partial charge in [0.25, 0.3) is 0 Å². The van der Waals surface area contributed by atoms with Crippen LogP contribution in [0.2, 0.25) is 0 Å². The Morgan fingerprint density at radius 2 is 2.27 bits per heavy atom. The van der Waals surface area contributed by atoms with E-state index in [0.29, 0.717) is 5.88 Å². The largest absolute Gasteiger partial charge is 0.367 e. The molecule has 0 saturated carbocycles. The van der Waals surface area contributed by atoms with Crippen LogP contribution in [0, 0.1) is 0 Å². The van der Waals surface area contributed by atoms with Crippen molar-refractivity contribution in [1.82, 2.24) is 5.16 Å². The molecule has 0 radical (unpaired) electrons. The normalized spacial score (nSPS) is 20.2. The number of nitrogen functional groups attached to an aromatic ring is 1. The zero-order valence-corrected chi connectivity index (χ0v) is 6.85. The summed E-state index contributed by atoms with van der Waals surface area (Å²) in [6, 6.07) is 0. The summed E-state index contributed by atoms with van der Waals surface area (Å²) >= 11 is 0. The van der Waals surface area contributed by atoms with Crippen LogP contribution in [-0.4, -0.2) is 5.16 Å². The predicted octanol–water partition coefficient (Wildman–Crippen LogP) is 1.48. The lowest BCUT2D eigenvalue weighted by Crippen LogP contribution is -2.12. The van der Waals surface area contributed by atoms with Crippen LogP contribution in [0.15, 0.2) is 4.52 Å². The average molecular weight is 152 g/mol. The number of aryl methyl sites for hydroxylation is 1. The molecule has 2 N–H and O–H groups in total. The first-order chi connectivity index (χ1) is 5.11. The van der Waals surface area contributed by atoms with Crippen molar-refractivity contribution < 1.29 is 4.52 Å². The highest BCUT2D eigenvalue weighted by molar-refractivity contribution is 5.47. The van der Waals surface area contributed by atoms with E-state index in [-0.39, 0.29) is 5.41 Å². The third-order valence-electron chi connectivity index (χ3n) is 2.45. The van der Waals surface area contributed by atoms with Crippen LogP contribution in [0.25, 0.3) is 0 Å². The van der Waals surface area contributed by atoms with Crippen molar-refractivity contribution in [3.8, 4) is 0 Å². The second kappa shape index (κ2) is 1.78. The van der Waals surface area contributed by atoms with E-state index in [9.17, 15) is 0 Å². The van der Waals surface area contributed by atoms with Gasteiger partial charge in [-0.1, -0.05) is 19.0 Å². The summed E-state index contributed by atoms with van der Waals surface area (Å²) in [4.78, 5) is 0. The summed E-state index contributed by atoms with van der Waals surface area (Å²) in [6.45, 7) is 4.35. The van der Waals surface area contributed by atoms with Gasteiger partial charge in [-0.3, -0.25) is 0 Å². The van der Waals surface area contributed by atoms with Gasteiger partial charge in [-0.05, 0) is 18.3 Å². The second-order valence-corrected chi connectivity index (χ2v) is 3.75. The third-order valence-corrected chi connectivity index (χ3v) is 2.45. The molecule has 1 heterocycles. The van der Waals surface area contributed by atoms with Crippen LogP contribution in [0.3, 0.4) is 0 Å². The minimum absolute atomic E-state index is 0.166. The number of hydrogen-bond donors (Lipinski definition) is 1. The molecule has 0 unspecified atom stereocenters. The molecular weight excluding hydrogens is 140 g/mol. The third kappa shape index (κ3) is 0.768. The van der Waals surface area contributed by atoms with Crippen LogP contribution < -0.4 is 5.73 Å². The Labute approximate surface area is 65.6 Å². The van der Waals surface area contributed by atoms with Gasteiger partial charge in [-0.15, -0.1) is 0 Å². The Bertz CT molecular complexity index is 288. The van der Waals surface area contributed by atoms with Gasteiger partial charge in [0, 0.05) is 5.56 Å². The first-order valence-electron chi connectivity index (χ1n) is 3.86. The molecule has 0 fully saturated rings. The molecule has 1 aromatic heterocycles. The molecule has 0 atom stereocenters. The van der Waals surface area contributed by atoms with Gasteiger partial charge < -0.3 is 10.3 Å². The highest BCUT2D eigenvalue weighted by Gasteiger charge is 2.35. The average Bonchev–Trinajstić information content (AvgIpc) is 2.38. The van der Waals surface area contributed by atoms with Crippen molar-refractivity contribution in [3.05, 3.63) is 11.3 Å². The van der Waals surface area contributed by atoms with Crippen LogP contribution >= 0.6 is 0 Å². The SMILES string of the molecule is CC1(C)CCc2noc(N)c21. The minimum atomic E-state index is 0.166. The van der Waals surface area contributed by atoms with E-state index in [4.69, 9.17) is 10.3 Å². The van der Waals surface area contributed by atoms with Crippen molar-refractivity contribution >= 4 is 5.88 Å². The Kier molecular flexibility index (Phi) is 1.09. The number of nitrogens with two attached hydrogens (primary N) is 1. The van der Waals surface area contributed by atoms with E-state index in [2.05, 4.69) is 19.0 Å².